The molecular weight excluding hydrogens is 556 g/mol. The number of aryl methyl sites for hydroxylation is 1. The molecule has 1 atom stereocenters. The van der Waals surface area contributed by atoms with Crippen LogP contribution < -0.4 is 19.9 Å². The number of nitriles is 1. The molecule has 0 amide bonds. The van der Waals surface area contributed by atoms with E-state index in [1.807, 2.05) is 49.4 Å². The topological polar surface area (TPSA) is 94.6 Å². The molecule has 1 aromatic heterocycles. The summed E-state index contributed by atoms with van der Waals surface area (Å²) in [5.41, 5.74) is 9.21. The second kappa shape index (κ2) is 12.7. The van der Waals surface area contributed by atoms with Crippen molar-refractivity contribution < 1.29 is 19.0 Å². The molecule has 4 aromatic rings. The molecular formula is C33H31ClN2O4S. The Balaban J connectivity index is 1.34. The van der Waals surface area contributed by atoms with Crippen LogP contribution in [0.4, 0.5) is 0 Å². The number of ether oxygens (including phenoxy) is 3. The summed E-state index contributed by atoms with van der Waals surface area (Å²) in [6.07, 6.45) is 5.88. The Bertz CT molecular complexity index is 1650. The molecule has 8 heteroatoms. The van der Waals surface area contributed by atoms with Crippen LogP contribution in [0.2, 0.25) is 5.02 Å². The Hall–Kier alpha value is -3.99. The van der Waals surface area contributed by atoms with Gasteiger partial charge in [0, 0.05) is 21.7 Å². The number of thiophene rings is 1. The highest BCUT2D eigenvalue weighted by Crippen LogP contribution is 2.44. The number of benzene rings is 3. The first-order valence-electron chi connectivity index (χ1n) is 13.7. The number of esters is 1. The molecule has 210 valence electrons. The average molecular weight is 587 g/mol. The Morgan fingerprint density at radius 2 is 1.80 bits per heavy atom. The van der Waals surface area contributed by atoms with Gasteiger partial charge in [-0.1, -0.05) is 74.5 Å². The number of allylic oxidation sites excluding steroid dienone is 1. The van der Waals surface area contributed by atoms with Crippen LogP contribution in [0.25, 0.3) is 10.1 Å². The fourth-order valence-corrected chi connectivity index (χ4v) is 6.43. The van der Waals surface area contributed by atoms with Crippen LogP contribution in [0.3, 0.4) is 0 Å². The quantitative estimate of drug-likeness (QED) is 0.113. The number of nitrogens with zero attached hydrogens (tertiary/aromatic N) is 1. The van der Waals surface area contributed by atoms with E-state index in [0.717, 1.165) is 45.4 Å². The first kappa shape index (κ1) is 28.5. The molecule has 0 saturated carbocycles. The third-order valence-electron chi connectivity index (χ3n) is 7.10. The summed E-state index contributed by atoms with van der Waals surface area (Å²) in [4.78, 5) is 13.4. The smallest absolute Gasteiger partial charge is 0.355 e. The van der Waals surface area contributed by atoms with E-state index in [9.17, 15) is 10.1 Å². The van der Waals surface area contributed by atoms with Crippen molar-refractivity contribution in [3.05, 3.63) is 98.7 Å². The van der Waals surface area contributed by atoms with E-state index in [2.05, 4.69) is 13.0 Å². The maximum Gasteiger partial charge on any atom is 0.355 e. The largest absolute Gasteiger partial charge is 0.494 e. The van der Waals surface area contributed by atoms with Crippen LogP contribution in [0.1, 0.15) is 71.3 Å². The van der Waals surface area contributed by atoms with Crippen molar-refractivity contribution in [1.82, 2.24) is 0 Å². The summed E-state index contributed by atoms with van der Waals surface area (Å²) in [5, 5.41) is 11.1. The van der Waals surface area contributed by atoms with E-state index in [4.69, 9.17) is 31.5 Å². The standard InChI is InChI=1S/C33H31ClN2O4S/c1-3-4-5-6-7-16-38-22-11-9-21(10-12-22)29-24-15-13-23(18-27(24)40-32(36)26(29)19-35)39-33(37)31-30(34)25-14-8-20(2)17-28(25)41-31/h8-15,17-18,29H,3-7,16,36H2,1-2H3. The van der Waals surface area contributed by atoms with Gasteiger partial charge >= 0.3 is 5.97 Å². The van der Waals surface area contributed by atoms with Crippen molar-refractivity contribution in [3.8, 4) is 23.3 Å². The molecule has 3 aromatic carbocycles. The number of nitrogens with two attached hydrogens (primary N) is 1. The Labute approximate surface area is 248 Å². The van der Waals surface area contributed by atoms with Crippen molar-refractivity contribution in [2.24, 2.45) is 5.73 Å². The third kappa shape index (κ3) is 6.19. The van der Waals surface area contributed by atoms with Crippen LogP contribution in [0, 0.1) is 18.3 Å². The van der Waals surface area contributed by atoms with Crippen molar-refractivity contribution in [1.29, 1.82) is 5.26 Å². The zero-order valence-electron chi connectivity index (χ0n) is 23.0. The van der Waals surface area contributed by atoms with Crippen molar-refractivity contribution in [2.75, 3.05) is 6.61 Å². The number of carbonyl (C=O) groups excluding carboxylic acids is 1. The minimum atomic E-state index is -0.552. The number of unbranched alkanes of at least 4 members (excludes halogenated alkanes) is 4. The predicted octanol–water partition coefficient (Wildman–Crippen LogP) is 8.65. The summed E-state index contributed by atoms with van der Waals surface area (Å²) in [6.45, 7) is 4.86. The molecule has 0 fully saturated rings. The van der Waals surface area contributed by atoms with Gasteiger partial charge in [-0.3, -0.25) is 0 Å². The summed E-state index contributed by atoms with van der Waals surface area (Å²) in [6, 6.07) is 20.9. The van der Waals surface area contributed by atoms with Crippen molar-refractivity contribution in [2.45, 2.75) is 51.9 Å². The lowest BCUT2D eigenvalue weighted by Gasteiger charge is -2.26. The van der Waals surface area contributed by atoms with Gasteiger partial charge in [-0.15, -0.1) is 11.3 Å². The highest BCUT2D eigenvalue weighted by molar-refractivity contribution is 7.21. The van der Waals surface area contributed by atoms with E-state index >= 15 is 0 Å². The van der Waals surface area contributed by atoms with Gasteiger partial charge in [0.25, 0.3) is 0 Å². The number of carbonyl (C=O) groups is 1. The zero-order chi connectivity index (χ0) is 28.9. The average Bonchev–Trinajstić information content (AvgIpc) is 3.29. The van der Waals surface area contributed by atoms with Gasteiger partial charge in [0.1, 0.15) is 33.8 Å². The fraction of sp³-hybridized carbons (Fsp3) is 0.273. The highest BCUT2D eigenvalue weighted by Gasteiger charge is 2.31. The van der Waals surface area contributed by atoms with E-state index < -0.39 is 11.9 Å². The minimum Gasteiger partial charge on any atom is -0.494 e. The maximum atomic E-state index is 13.1. The fourth-order valence-electron chi connectivity index (χ4n) is 4.95. The van der Waals surface area contributed by atoms with E-state index in [1.165, 1.54) is 30.6 Å². The van der Waals surface area contributed by atoms with Gasteiger partial charge < -0.3 is 19.9 Å². The summed E-state index contributed by atoms with van der Waals surface area (Å²) >= 11 is 7.81. The molecule has 0 bridgehead atoms. The molecule has 2 heterocycles. The number of hydrogen-bond acceptors (Lipinski definition) is 7. The van der Waals surface area contributed by atoms with Crippen LogP contribution in [0.15, 0.2) is 72.1 Å². The molecule has 5 rings (SSSR count). The molecule has 0 saturated heterocycles. The van der Waals surface area contributed by atoms with Gasteiger partial charge in [0.05, 0.1) is 17.5 Å². The molecule has 41 heavy (non-hydrogen) atoms. The Kier molecular flexibility index (Phi) is 8.82. The molecule has 2 N–H and O–H groups in total. The first-order chi connectivity index (χ1) is 19.9. The summed E-state index contributed by atoms with van der Waals surface area (Å²) < 4.78 is 18.3. The highest BCUT2D eigenvalue weighted by atomic mass is 35.5. The third-order valence-corrected chi connectivity index (χ3v) is 8.74. The van der Waals surface area contributed by atoms with Crippen LogP contribution in [0.5, 0.6) is 17.2 Å². The van der Waals surface area contributed by atoms with Crippen LogP contribution in [-0.2, 0) is 0 Å². The van der Waals surface area contributed by atoms with E-state index in [1.54, 1.807) is 18.2 Å². The predicted molar refractivity (Wildman–Crippen MR) is 163 cm³/mol. The maximum absolute atomic E-state index is 13.1. The summed E-state index contributed by atoms with van der Waals surface area (Å²) in [5.74, 6) is 0.517. The summed E-state index contributed by atoms with van der Waals surface area (Å²) in [7, 11) is 0. The second-order valence-corrected chi connectivity index (χ2v) is 11.5. The van der Waals surface area contributed by atoms with Gasteiger partial charge in [-0.25, -0.2) is 4.79 Å². The van der Waals surface area contributed by atoms with E-state index in [0.29, 0.717) is 27.8 Å². The van der Waals surface area contributed by atoms with Gasteiger partial charge in [0.2, 0.25) is 5.88 Å². The molecule has 1 aliphatic heterocycles. The molecule has 0 spiro atoms. The lowest BCUT2D eigenvalue weighted by Crippen LogP contribution is -2.21. The Morgan fingerprint density at radius 1 is 1.05 bits per heavy atom. The lowest BCUT2D eigenvalue weighted by atomic mass is 9.83. The molecule has 1 aliphatic rings. The van der Waals surface area contributed by atoms with Crippen molar-refractivity contribution >= 4 is 39.0 Å². The molecule has 1 unspecified atom stereocenters. The molecule has 6 nitrogen and oxygen atoms in total. The number of fused-ring (bicyclic) bond motifs is 2. The Morgan fingerprint density at radius 3 is 2.56 bits per heavy atom. The molecule has 0 aliphatic carbocycles. The van der Waals surface area contributed by atoms with Gasteiger partial charge in [-0.2, -0.15) is 5.26 Å². The SMILES string of the molecule is CCCCCCCOc1ccc(C2C(C#N)=C(N)Oc3cc(OC(=O)c4sc5cc(C)ccc5c4Cl)ccc32)cc1. The minimum absolute atomic E-state index is 0.0174. The molecule has 0 radical (unpaired) electrons. The zero-order valence-corrected chi connectivity index (χ0v) is 24.6. The van der Waals surface area contributed by atoms with Crippen molar-refractivity contribution in [3.63, 3.8) is 0 Å². The monoisotopic (exact) mass is 586 g/mol. The van der Waals surface area contributed by atoms with E-state index in [-0.39, 0.29) is 11.6 Å². The number of halogens is 1. The van der Waals surface area contributed by atoms with Crippen LogP contribution in [-0.4, -0.2) is 12.6 Å². The van der Waals surface area contributed by atoms with Gasteiger partial charge in [0.15, 0.2) is 0 Å². The van der Waals surface area contributed by atoms with Gasteiger partial charge in [-0.05, 0) is 48.7 Å². The first-order valence-corrected chi connectivity index (χ1v) is 14.9. The lowest BCUT2D eigenvalue weighted by molar-refractivity contribution is 0.0740. The second-order valence-electron chi connectivity index (χ2n) is 10.1. The van der Waals surface area contributed by atoms with Crippen LogP contribution >= 0.6 is 22.9 Å². The number of hydrogen-bond donors (Lipinski definition) is 1. The normalized spacial score (nSPS) is 14.3. The number of rotatable bonds is 10.